The van der Waals surface area contributed by atoms with Crippen molar-refractivity contribution in [2.75, 3.05) is 0 Å². The van der Waals surface area contributed by atoms with Gasteiger partial charge < -0.3 is 4.74 Å². The molecule has 2 aromatic carbocycles. The Hall–Kier alpha value is -3.05. The van der Waals surface area contributed by atoms with E-state index in [2.05, 4.69) is 47.4 Å². The molecule has 128 valence electrons. The fourth-order valence-corrected chi connectivity index (χ4v) is 3.68. The Balaban J connectivity index is 1.81. The van der Waals surface area contributed by atoms with E-state index < -0.39 is 0 Å². The summed E-state index contributed by atoms with van der Waals surface area (Å²) in [6.07, 6.45) is 2.32. The van der Waals surface area contributed by atoms with Gasteiger partial charge in [-0.15, -0.1) is 11.3 Å². The molecule has 0 N–H and O–H groups in total. The van der Waals surface area contributed by atoms with E-state index in [4.69, 9.17) is 4.74 Å². The number of thiophene rings is 1. The third-order valence-corrected chi connectivity index (χ3v) is 5.27. The number of aryl methyl sites for hydroxylation is 2. The molecule has 4 nitrogen and oxygen atoms in total. The molecule has 0 unspecified atom stereocenters. The highest BCUT2D eigenvalue weighted by Crippen LogP contribution is 2.39. The van der Waals surface area contributed by atoms with Gasteiger partial charge in [0.15, 0.2) is 0 Å². The van der Waals surface area contributed by atoms with Crippen molar-refractivity contribution >= 4 is 27.8 Å². The van der Waals surface area contributed by atoms with Crippen molar-refractivity contribution in [2.45, 2.75) is 13.8 Å². The Bertz CT molecular complexity index is 1100. The second-order valence-electron chi connectivity index (χ2n) is 6.10. The average Bonchev–Trinajstić information content (AvgIpc) is 3.10. The molecule has 0 aliphatic carbocycles. The first-order valence-corrected chi connectivity index (χ1v) is 9.06. The fraction of sp³-hybridized carbons (Fsp3) is 0.0952. The lowest BCUT2D eigenvalue weighted by atomic mass is 10.0. The predicted molar refractivity (Wildman–Crippen MR) is 104 cm³/mol. The molecule has 0 radical (unpaired) electrons. The summed E-state index contributed by atoms with van der Waals surface area (Å²) in [4.78, 5) is 20.4. The highest BCUT2D eigenvalue weighted by atomic mass is 32.1. The summed E-state index contributed by atoms with van der Waals surface area (Å²) >= 11 is 1.57. The minimum atomic E-state index is 0.517. The van der Waals surface area contributed by atoms with E-state index in [-0.39, 0.29) is 0 Å². The van der Waals surface area contributed by atoms with Crippen molar-refractivity contribution < 1.29 is 9.53 Å². The highest BCUT2D eigenvalue weighted by Gasteiger charge is 2.15. The lowest BCUT2D eigenvalue weighted by Crippen LogP contribution is -1.91. The van der Waals surface area contributed by atoms with Crippen molar-refractivity contribution in [3.05, 3.63) is 70.9 Å². The molecule has 26 heavy (non-hydrogen) atoms. The second kappa shape index (κ2) is 6.69. The molecule has 4 rings (SSSR count). The van der Waals surface area contributed by atoms with Gasteiger partial charge in [0.05, 0.1) is 5.39 Å². The van der Waals surface area contributed by atoms with Gasteiger partial charge in [0, 0.05) is 16.5 Å². The van der Waals surface area contributed by atoms with Crippen LogP contribution in [0.5, 0.6) is 11.6 Å². The number of benzene rings is 2. The van der Waals surface area contributed by atoms with E-state index in [0.717, 1.165) is 27.6 Å². The normalized spacial score (nSPS) is 10.8. The van der Waals surface area contributed by atoms with Crippen LogP contribution in [0.2, 0.25) is 0 Å². The molecule has 0 saturated carbocycles. The zero-order chi connectivity index (χ0) is 18.1. The van der Waals surface area contributed by atoms with Gasteiger partial charge in [-0.3, -0.25) is 4.79 Å². The molecule has 2 heterocycles. The maximum absolute atomic E-state index is 10.8. The van der Waals surface area contributed by atoms with E-state index in [0.29, 0.717) is 17.2 Å². The van der Waals surface area contributed by atoms with Gasteiger partial charge in [0.25, 0.3) is 0 Å². The number of aromatic nitrogens is 2. The molecule has 4 aromatic rings. The molecule has 0 atom stereocenters. The summed E-state index contributed by atoms with van der Waals surface area (Å²) in [5, 5.41) is 2.99. The van der Waals surface area contributed by atoms with E-state index in [9.17, 15) is 4.79 Å². The first kappa shape index (κ1) is 16.4. The Kier molecular flexibility index (Phi) is 4.22. The minimum Gasteiger partial charge on any atom is -0.438 e. The largest absolute Gasteiger partial charge is 0.438 e. The number of hydrogen-bond acceptors (Lipinski definition) is 5. The van der Waals surface area contributed by atoms with E-state index in [1.54, 1.807) is 35.6 Å². The summed E-state index contributed by atoms with van der Waals surface area (Å²) < 4.78 is 6.01. The van der Waals surface area contributed by atoms with Crippen molar-refractivity contribution in [2.24, 2.45) is 0 Å². The maximum atomic E-state index is 10.8. The van der Waals surface area contributed by atoms with E-state index in [1.807, 2.05) is 0 Å². The molecular weight excluding hydrogens is 344 g/mol. The second-order valence-corrected chi connectivity index (χ2v) is 6.95. The molecule has 0 aliphatic rings. The van der Waals surface area contributed by atoms with Crippen molar-refractivity contribution in [1.29, 1.82) is 0 Å². The molecule has 5 heteroatoms. The Morgan fingerprint density at radius 2 is 1.81 bits per heavy atom. The van der Waals surface area contributed by atoms with Crippen LogP contribution in [0.3, 0.4) is 0 Å². The number of nitrogens with zero attached hydrogens (tertiary/aromatic N) is 2. The molecule has 0 bridgehead atoms. The third kappa shape index (κ3) is 2.97. The molecule has 0 spiro atoms. The van der Waals surface area contributed by atoms with Crippen molar-refractivity contribution in [1.82, 2.24) is 9.97 Å². The van der Waals surface area contributed by atoms with E-state index in [1.165, 1.54) is 17.5 Å². The van der Waals surface area contributed by atoms with Crippen molar-refractivity contribution in [3.63, 3.8) is 0 Å². The molecule has 0 aliphatic heterocycles. The van der Waals surface area contributed by atoms with Crippen LogP contribution >= 0.6 is 11.3 Å². The molecule has 0 fully saturated rings. The van der Waals surface area contributed by atoms with Crippen LogP contribution in [0, 0.1) is 13.8 Å². The van der Waals surface area contributed by atoms with Crippen LogP contribution in [0.4, 0.5) is 0 Å². The van der Waals surface area contributed by atoms with Crippen LogP contribution < -0.4 is 4.74 Å². The summed E-state index contributed by atoms with van der Waals surface area (Å²) in [7, 11) is 0. The van der Waals surface area contributed by atoms with Gasteiger partial charge in [-0.25, -0.2) is 9.97 Å². The van der Waals surface area contributed by atoms with Crippen molar-refractivity contribution in [3.8, 4) is 22.8 Å². The first-order valence-electron chi connectivity index (χ1n) is 8.18. The van der Waals surface area contributed by atoms with Gasteiger partial charge in [-0.05, 0) is 54.8 Å². The lowest BCUT2D eigenvalue weighted by molar-refractivity contribution is 0.112. The Labute approximate surface area is 155 Å². The molecular formula is C21H16N2O2S. The number of hydrogen-bond donors (Lipinski definition) is 0. The quantitative estimate of drug-likeness (QED) is 0.446. The van der Waals surface area contributed by atoms with Gasteiger partial charge >= 0.3 is 0 Å². The van der Waals surface area contributed by atoms with Crippen LogP contribution in [0.15, 0.2) is 54.2 Å². The Morgan fingerprint density at radius 3 is 2.54 bits per heavy atom. The van der Waals surface area contributed by atoms with Gasteiger partial charge in [-0.1, -0.05) is 18.2 Å². The summed E-state index contributed by atoms with van der Waals surface area (Å²) in [5.74, 6) is 1.15. The summed E-state index contributed by atoms with van der Waals surface area (Å²) in [6.45, 7) is 4.21. The predicted octanol–water partition coefficient (Wildman–Crippen LogP) is 5.58. The number of rotatable bonds is 4. The van der Waals surface area contributed by atoms with Crippen LogP contribution in [0.25, 0.3) is 21.3 Å². The number of fused-ring (bicyclic) bond motifs is 1. The van der Waals surface area contributed by atoms with Crippen LogP contribution in [-0.2, 0) is 0 Å². The molecule has 2 aromatic heterocycles. The maximum Gasteiger partial charge on any atom is 0.231 e. The first-order chi connectivity index (χ1) is 12.7. The van der Waals surface area contributed by atoms with E-state index >= 15 is 0 Å². The monoisotopic (exact) mass is 360 g/mol. The third-order valence-electron chi connectivity index (χ3n) is 4.38. The smallest absolute Gasteiger partial charge is 0.231 e. The van der Waals surface area contributed by atoms with Crippen LogP contribution in [-0.4, -0.2) is 16.3 Å². The standard InChI is InChI=1S/C21H16N2O2S/c1-13-3-6-16(9-14(13)2)18-11-26-21-19(18)20(22-12-23-21)25-17-7-4-15(10-24)5-8-17/h3-12H,1-2H3. The number of carbonyl (C=O) groups is 1. The number of aldehydes is 1. The van der Waals surface area contributed by atoms with Crippen LogP contribution in [0.1, 0.15) is 21.5 Å². The topological polar surface area (TPSA) is 52.1 Å². The fourth-order valence-electron chi connectivity index (χ4n) is 2.77. The lowest BCUT2D eigenvalue weighted by Gasteiger charge is -2.09. The zero-order valence-electron chi connectivity index (χ0n) is 14.4. The zero-order valence-corrected chi connectivity index (χ0v) is 15.2. The highest BCUT2D eigenvalue weighted by molar-refractivity contribution is 7.17. The Morgan fingerprint density at radius 1 is 1.00 bits per heavy atom. The summed E-state index contributed by atoms with van der Waals surface area (Å²) in [5.41, 5.74) is 5.29. The average molecular weight is 360 g/mol. The minimum absolute atomic E-state index is 0.517. The molecule has 0 saturated heterocycles. The van der Waals surface area contributed by atoms with Gasteiger partial charge in [-0.2, -0.15) is 0 Å². The number of carbonyl (C=O) groups excluding carboxylic acids is 1. The van der Waals surface area contributed by atoms with Gasteiger partial charge in [0.2, 0.25) is 5.88 Å². The number of ether oxygens (including phenoxy) is 1. The molecule has 0 amide bonds. The SMILES string of the molecule is Cc1ccc(-c2csc3ncnc(Oc4ccc(C=O)cc4)c23)cc1C. The van der Waals surface area contributed by atoms with Gasteiger partial charge in [0.1, 0.15) is 23.2 Å². The summed E-state index contributed by atoms with van der Waals surface area (Å²) in [6, 6.07) is 13.4.